The molecule has 1 aromatic heterocycles. The SMILES string of the molecule is COc1c(Cl)cc(Cl)cc1/C(O)=C1\C(=O)C(=O)N(Cc2ccncc2)C1c1ccccc1C. The van der Waals surface area contributed by atoms with Crippen LogP contribution in [0, 0.1) is 6.92 Å². The fourth-order valence-corrected chi connectivity index (χ4v) is 4.60. The second kappa shape index (κ2) is 9.25. The molecule has 1 amide bonds. The fraction of sp³-hybridized carbons (Fsp3) is 0.160. The number of aryl methyl sites for hydroxylation is 1. The van der Waals surface area contributed by atoms with Gasteiger partial charge in [-0.1, -0.05) is 47.5 Å². The lowest BCUT2D eigenvalue weighted by Gasteiger charge is -2.26. The summed E-state index contributed by atoms with van der Waals surface area (Å²) in [7, 11) is 1.40. The van der Waals surface area contributed by atoms with E-state index in [1.165, 1.54) is 24.1 Å². The van der Waals surface area contributed by atoms with E-state index in [-0.39, 0.29) is 33.5 Å². The normalized spacial score (nSPS) is 17.5. The molecule has 2 heterocycles. The predicted molar refractivity (Wildman–Crippen MR) is 126 cm³/mol. The minimum Gasteiger partial charge on any atom is -0.507 e. The van der Waals surface area contributed by atoms with Gasteiger partial charge in [0.25, 0.3) is 11.7 Å². The number of pyridine rings is 1. The van der Waals surface area contributed by atoms with Crippen molar-refractivity contribution in [1.29, 1.82) is 0 Å². The van der Waals surface area contributed by atoms with Crippen LogP contribution in [-0.4, -0.2) is 33.8 Å². The number of carbonyl (C=O) groups excluding carboxylic acids is 2. The van der Waals surface area contributed by atoms with Gasteiger partial charge in [-0.05, 0) is 47.9 Å². The highest BCUT2D eigenvalue weighted by Crippen LogP contribution is 2.44. The summed E-state index contributed by atoms with van der Waals surface area (Å²) in [4.78, 5) is 31.9. The number of amides is 1. The van der Waals surface area contributed by atoms with Crippen LogP contribution in [0.5, 0.6) is 5.75 Å². The van der Waals surface area contributed by atoms with E-state index in [1.54, 1.807) is 24.5 Å². The second-order valence-corrected chi connectivity index (χ2v) is 8.45. The summed E-state index contributed by atoms with van der Waals surface area (Å²) in [6.45, 7) is 2.05. The summed E-state index contributed by atoms with van der Waals surface area (Å²) in [6.07, 6.45) is 3.24. The Hall–Kier alpha value is -3.35. The number of hydrogen-bond acceptors (Lipinski definition) is 5. The minimum atomic E-state index is -0.818. The van der Waals surface area contributed by atoms with Gasteiger partial charge in [0.15, 0.2) is 0 Å². The summed E-state index contributed by atoms with van der Waals surface area (Å²) in [5, 5.41) is 11.8. The third kappa shape index (κ3) is 4.19. The van der Waals surface area contributed by atoms with Crippen LogP contribution in [0.25, 0.3) is 5.76 Å². The quantitative estimate of drug-likeness (QED) is 0.302. The number of aliphatic hydroxyl groups is 1. The summed E-state index contributed by atoms with van der Waals surface area (Å²) in [6, 6.07) is 13.1. The Morgan fingerprint density at radius 3 is 2.48 bits per heavy atom. The number of hydrogen-bond donors (Lipinski definition) is 1. The molecule has 0 radical (unpaired) electrons. The van der Waals surface area contributed by atoms with Gasteiger partial charge in [0.1, 0.15) is 11.5 Å². The van der Waals surface area contributed by atoms with Crippen LogP contribution < -0.4 is 4.74 Å². The molecular formula is C25H20Cl2N2O4. The van der Waals surface area contributed by atoms with E-state index >= 15 is 0 Å². The van der Waals surface area contributed by atoms with Gasteiger partial charge in [-0.15, -0.1) is 0 Å². The zero-order valence-electron chi connectivity index (χ0n) is 17.9. The molecular weight excluding hydrogens is 463 g/mol. The van der Waals surface area contributed by atoms with Crippen LogP contribution >= 0.6 is 23.2 Å². The number of halogens is 2. The molecule has 33 heavy (non-hydrogen) atoms. The summed E-state index contributed by atoms with van der Waals surface area (Å²) >= 11 is 12.4. The molecule has 6 nitrogen and oxygen atoms in total. The molecule has 1 N–H and O–H groups in total. The van der Waals surface area contributed by atoms with Crippen molar-refractivity contribution in [2.24, 2.45) is 0 Å². The van der Waals surface area contributed by atoms with Crippen LogP contribution in [0.15, 0.2) is 66.5 Å². The number of Topliss-reactive ketones (excluding diaryl/α,β-unsaturated/α-hetero) is 1. The van der Waals surface area contributed by atoms with Crippen LogP contribution in [-0.2, 0) is 16.1 Å². The molecule has 0 saturated carbocycles. The van der Waals surface area contributed by atoms with Crippen LogP contribution in [0.1, 0.15) is 28.3 Å². The molecule has 168 valence electrons. The Bertz CT molecular complexity index is 1270. The number of nitrogens with zero attached hydrogens (tertiary/aromatic N) is 2. The van der Waals surface area contributed by atoms with Gasteiger partial charge < -0.3 is 14.7 Å². The molecule has 3 aromatic rings. The van der Waals surface area contributed by atoms with E-state index in [0.29, 0.717) is 0 Å². The molecule has 2 aromatic carbocycles. The second-order valence-electron chi connectivity index (χ2n) is 7.61. The Morgan fingerprint density at radius 2 is 1.82 bits per heavy atom. The molecule has 4 rings (SSSR count). The number of likely N-dealkylation sites (tertiary alicyclic amines) is 1. The summed E-state index contributed by atoms with van der Waals surface area (Å²) in [5.41, 5.74) is 2.47. The van der Waals surface area contributed by atoms with E-state index in [1.807, 2.05) is 31.2 Å². The average Bonchev–Trinajstić information content (AvgIpc) is 3.04. The van der Waals surface area contributed by atoms with E-state index in [0.717, 1.165) is 16.7 Å². The highest BCUT2D eigenvalue weighted by atomic mass is 35.5. The smallest absolute Gasteiger partial charge is 0.295 e. The Morgan fingerprint density at radius 1 is 1.12 bits per heavy atom. The molecule has 1 fully saturated rings. The number of ketones is 1. The molecule has 8 heteroatoms. The van der Waals surface area contributed by atoms with Crippen LogP contribution in [0.4, 0.5) is 0 Å². The van der Waals surface area contributed by atoms with Crippen molar-refractivity contribution in [3.8, 4) is 5.75 Å². The Balaban J connectivity index is 1.95. The summed E-state index contributed by atoms with van der Waals surface area (Å²) < 4.78 is 5.36. The van der Waals surface area contributed by atoms with Crippen molar-refractivity contribution >= 4 is 40.7 Å². The van der Waals surface area contributed by atoms with Crippen molar-refractivity contribution in [3.05, 3.63) is 98.8 Å². The first kappa shape index (κ1) is 22.8. The zero-order valence-corrected chi connectivity index (χ0v) is 19.4. The molecule has 1 aliphatic heterocycles. The topological polar surface area (TPSA) is 79.7 Å². The Kier molecular flexibility index (Phi) is 6.40. The first-order valence-corrected chi connectivity index (χ1v) is 10.8. The van der Waals surface area contributed by atoms with Gasteiger partial charge >= 0.3 is 0 Å². The first-order chi connectivity index (χ1) is 15.8. The van der Waals surface area contributed by atoms with Crippen LogP contribution in [0.3, 0.4) is 0 Å². The third-order valence-electron chi connectivity index (χ3n) is 5.59. The number of carbonyl (C=O) groups is 2. The average molecular weight is 483 g/mol. The van der Waals surface area contributed by atoms with E-state index < -0.39 is 23.5 Å². The van der Waals surface area contributed by atoms with Crippen molar-refractivity contribution in [3.63, 3.8) is 0 Å². The van der Waals surface area contributed by atoms with Crippen molar-refractivity contribution < 1.29 is 19.4 Å². The van der Waals surface area contributed by atoms with Gasteiger partial charge in [-0.3, -0.25) is 14.6 Å². The zero-order chi connectivity index (χ0) is 23.7. The molecule has 0 bridgehead atoms. The number of ether oxygens (including phenoxy) is 1. The highest BCUT2D eigenvalue weighted by molar-refractivity contribution is 6.46. The van der Waals surface area contributed by atoms with Crippen molar-refractivity contribution in [2.75, 3.05) is 7.11 Å². The van der Waals surface area contributed by atoms with Gasteiger partial charge in [0.2, 0.25) is 0 Å². The van der Waals surface area contributed by atoms with Gasteiger partial charge in [-0.25, -0.2) is 0 Å². The van der Waals surface area contributed by atoms with Gasteiger partial charge in [-0.2, -0.15) is 0 Å². The number of aliphatic hydroxyl groups excluding tert-OH is 1. The molecule has 1 atom stereocenters. The minimum absolute atomic E-state index is 0.0556. The van der Waals surface area contributed by atoms with E-state index in [9.17, 15) is 14.7 Å². The third-order valence-corrected chi connectivity index (χ3v) is 6.09. The van der Waals surface area contributed by atoms with Gasteiger partial charge in [0, 0.05) is 24.0 Å². The fourth-order valence-electron chi connectivity index (χ4n) is 4.03. The first-order valence-electron chi connectivity index (χ1n) is 10.1. The Labute approximate surface area is 201 Å². The standard InChI is InChI=1S/C25H20Cl2N2O4/c1-14-5-3-4-6-17(14)21-20(22(30)18-11-16(26)12-19(27)24(18)33-2)23(31)25(32)29(21)13-15-7-9-28-10-8-15/h3-12,21,30H,13H2,1-2H3/b22-20+. The van der Waals surface area contributed by atoms with Crippen molar-refractivity contribution in [1.82, 2.24) is 9.88 Å². The number of rotatable bonds is 5. The molecule has 0 spiro atoms. The molecule has 0 aliphatic carbocycles. The lowest BCUT2D eigenvalue weighted by Crippen LogP contribution is -2.29. The highest BCUT2D eigenvalue weighted by Gasteiger charge is 2.46. The number of aromatic nitrogens is 1. The van der Waals surface area contributed by atoms with E-state index in [4.69, 9.17) is 27.9 Å². The maximum absolute atomic E-state index is 13.3. The van der Waals surface area contributed by atoms with Crippen molar-refractivity contribution in [2.45, 2.75) is 19.5 Å². The molecule has 1 unspecified atom stereocenters. The lowest BCUT2D eigenvalue weighted by molar-refractivity contribution is -0.140. The molecule has 1 aliphatic rings. The molecule has 1 saturated heterocycles. The van der Waals surface area contributed by atoms with Crippen LogP contribution in [0.2, 0.25) is 10.0 Å². The monoisotopic (exact) mass is 482 g/mol. The largest absolute Gasteiger partial charge is 0.507 e. The lowest BCUT2D eigenvalue weighted by atomic mass is 9.92. The van der Waals surface area contributed by atoms with Gasteiger partial charge in [0.05, 0.1) is 29.3 Å². The maximum Gasteiger partial charge on any atom is 0.295 e. The van der Waals surface area contributed by atoms with E-state index in [2.05, 4.69) is 4.98 Å². The summed E-state index contributed by atoms with van der Waals surface area (Å²) in [5.74, 6) is -1.76. The predicted octanol–water partition coefficient (Wildman–Crippen LogP) is 5.33. The number of methoxy groups -OCH3 is 1. The maximum atomic E-state index is 13.3. The number of benzene rings is 2.